The fourth-order valence-corrected chi connectivity index (χ4v) is 2.77. The molecule has 2 nitrogen and oxygen atoms in total. The molecule has 1 N–H and O–H groups in total. The van der Waals surface area contributed by atoms with Gasteiger partial charge in [-0.2, -0.15) is 0 Å². The van der Waals surface area contributed by atoms with E-state index >= 15 is 0 Å². The van der Waals surface area contributed by atoms with E-state index in [1.807, 2.05) is 60.7 Å². The summed E-state index contributed by atoms with van der Waals surface area (Å²) < 4.78 is 0. The monoisotopic (exact) mass is 315 g/mol. The zero-order valence-corrected chi connectivity index (χ0v) is 13.6. The Morgan fingerprint density at radius 1 is 0.750 bits per heavy atom. The quantitative estimate of drug-likeness (QED) is 0.656. The van der Waals surface area contributed by atoms with Crippen molar-refractivity contribution in [2.45, 2.75) is 19.3 Å². The number of hydrogen-bond donors (Lipinski definition) is 1. The number of aryl methyl sites for hydroxylation is 1. The third-order valence-electron chi connectivity index (χ3n) is 4.00. The van der Waals surface area contributed by atoms with Gasteiger partial charge in [0.1, 0.15) is 0 Å². The van der Waals surface area contributed by atoms with Gasteiger partial charge in [0.25, 0.3) is 0 Å². The van der Waals surface area contributed by atoms with Gasteiger partial charge in [0.05, 0.1) is 0 Å². The molecule has 0 atom stereocenters. The Morgan fingerprint density at radius 3 is 2.12 bits per heavy atom. The largest absolute Gasteiger partial charge is 0.326 e. The molecule has 1 amide bonds. The summed E-state index contributed by atoms with van der Waals surface area (Å²) in [5.74, 6) is 0.0642. The second-order valence-corrected chi connectivity index (χ2v) is 5.80. The Labute approximate surface area is 143 Å². The highest BCUT2D eigenvalue weighted by atomic mass is 16.1. The van der Waals surface area contributed by atoms with Crippen LogP contribution in [-0.4, -0.2) is 5.91 Å². The van der Waals surface area contributed by atoms with Crippen molar-refractivity contribution in [3.8, 4) is 11.1 Å². The molecule has 3 aromatic carbocycles. The minimum atomic E-state index is 0.0642. The first-order valence-corrected chi connectivity index (χ1v) is 8.31. The second-order valence-electron chi connectivity index (χ2n) is 5.80. The molecular formula is C22H21NO. The van der Waals surface area contributed by atoms with Crippen LogP contribution in [0.4, 0.5) is 5.69 Å². The lowest BCUT2D eigenvalue weighted by molar-refractivity contribution is -0.116. The highest BCUT2D eigenvalue weighted by Crippen LogP contribution is 2.27. The number of para-hydroxylation sites is 1. The lowest BCUT2D eigenvalue weighted by atomic mass is 10.0. The van der Waals surface area contributed by atoms with Gasteiger partial charge in [0.15, 0.2) is 0 Å². The molecule has 0 bridgehead atoms. The molecule has 0 fully saturated rings. The van der Waals surface area contributed by atoms with Gasteiger partial charge >= 0.3 is 0 Å². The minimum absolute atomic E-state index is 0.0642. The van der Waals surface area contributed by atoms with Gasteiger partial charge in [-0.25, -0.2) is 0 Å². The van der Waals surface area contributed by atoms with Gasteiger partial charge in [-0.15, -0.1) is 0 Å². The van der Waals surface area contributed by atoms with Crippen LogP contribution in [0, 0.1) is 0 Å². The standard InChI is InChI=1S/C22H21NO/c24-22(17-9-12-18-10-3-1-4-11-18)23-21-16-8-7-15-20(21)19-13-5-2-6-14-19/h1-8,10-11,13-16H,9,12,17H2,(H,23,24). The van der Waals surface area contributed by atoms with Crippen molar-refractivity contribution in [3.05, 3.63) is 90.5 Å². The molecule has 0 aliphatic heterocycles. The smallest absolute Gasteiger partial charge is 0.224 e. The molecule has 0 aromatic heterocycles. The Balaban J connectivity index is 1.61. The zero-order valence-electron chi connectivity index (χ0n) is 13.6. The number of amides is 1. The second kappa shape index (κ2) is 8.11. The van der Waals surface area contributed by atoms with Gasteiger partial charge < -0.3 is 5.32 Å². The van der Waals surface area contributed by atoms with Crippen LogP contribution < -0.4 is 5.32 Å². The number of rotatable bonds is 6. The maximum absolute atomic E-state index is 12.3. The molecule has 0 unspecified atom stereocenters. The molecule has 0 spiro atoms. The number of nitrogens with one attached hydrogen (secondary N) is 1. The first-order chi connectivity index (χ1) is 11.8. The van der Waals surface area contributed by atoms with E-state index in [4.69, 9.17) is 0 Å². The van der Waals surface area contributed by atoms with Crippen LogP contribution in [0.15, 0.2) is 84.9 Å². The molecule has 120 valence electrons. The van der Waals surface area contributed by atoms with E-state index in [0.717, 1.165) is 29.7 Å². The van der Waals surface area contributed by atoms with Gasteiger partial charge in [-0.1, -0.05) is 78.9 Å². The topological polar surface area (TPSA) is 29.1 Å². The summed E-state index contributed by atoms with van der Waals surface area (Å²) in [7, 11) is 0. The summed E-state index contributed by atoms with van der Waals surface area (Å²) in [5, 5.41) is 3.06. The minimum Gasteiger partial charge on any atom is -0.326 e. The molecular weight excluding hydrogens is 294 g/mol. The first kappa shape index (κ1) is 16.0. The summed E-state index contributed by atoms with van der Waals surface area (Å²) in [6.45, 7) is 0. The van der Waals surface area contributed by atoms with Crippen LogP contribution >= 0.6 is 0 Å². The van der Waals surface area contributed by atoms with Gasteiger partial charge in [0.2, 0.25) is 5.91 Å². The summed E-state index contributed by atoms with van der Waals surface area (Å²) in [6, 6.07) is 28.3. The maximum Gasteiger partial charge on any atom is 0.224 e. The van der Waals surface area contributed by atoms with Crippen LogP contribution in [0.5, 0.6) is 0 Å². The fraction of sp³-hybridized carbons (Fsp3) is 0.136. The van der Waals surface area contributed by atoms with Crippen molar-refractivity contribution in [1.82, 2.24) is 0 Å². The lowest BCUT2D eigenvalue weighted by Crippen LogP contribution is -2.12. The lowest BCUT2D eigenvalue weighted by Gasteiger charge is -2.11. The molecule has 0 aliphatic carbocycles. The fourth-order valence-electron chi connectivity index (χ4n) is 2.77. The van der Waals surface area contributed by atoms with Crippen molar-refractivity contribution in [1.29, 1.82) is 0 Å². The number of carbonyl (C=O) groups is 1. The molecule has 0 saturated heterocycles. The Hall–Kier alpha value is -2.87. The van der Waals surface area contributed by atoms with Crippen LogP contribution in [-0.2, 0) is 11.2 Å². The van der Waals surface area contributed by atoms with Crippen molar-refractivity contribution < 1.29 is 4.79 Å². The van der Waals surface area contributed by atoms with Crippen LogP contribution in [0.2, 0.25) is 0 Å². The molecule has 3 rings (SSSR count). The number of anilines is 1. The Bertz CT molecular complexity index is 781. The normalized spacial score (nSPS) is 10.3. The van der Waals surface area contributed by atoms with Crippen LogP contribution in [0.25, 0.3) is 11.1 Å². The van der Waals surface area contributed by atoms with Gasteiger partial charge in [-0.3, -0.25) is 4.79 Å². The molecule has 0 radical (unpaired) electrons. The molecule has 0 heterocycles. The SMILES string of the molecule is O=C(CCCc1ccccc1)Nc1ccccc1-c1ccccc1. The van der Waals surface area contributed by atoms with Crippen molar-refractivity contribution >= 4 is 11.6 Å². The highest BCUT2D eigenvalue weighted by Gasteiger charge is 2.08. The van der Waals surface area contributed by atoms with E-state index in [9.17, 15) is 4.79 Å². The number of hydrogen-bond acceptors (Lipinski definition) is 1. The number of benzene rings is 3. The maximum atomic E-state index is 12.3. The predicted molar refractivity (Wildman–Crippen MR) is 99.9 cm³/mol. The van der Waals surface area contributed by atoms with Crippen LogP contribution in [0.1, 0.15) is 18.4 Å². The third kappa shape index (κ3) is 4.32. The predicted octanol–water partition coefficient (Wildman–Crippen LogP) is 5.32. The Kier molecular flexibility index (Phi) is 5.41. The van der Waals surface area contributed by atoms with E-state index in [0.29, 0.717) is 6.42 Å². The van der Waals surface area contributed by atoms with E-state index in [2.05, 4.69) is 29.6 Å². The van der Waals surface area contributed by atoms with E-state index in [1.165, 1.54) is 5.56 Å². The van der Waals surface area contributed by atoms with Crippen molar-refractivity contribution in [2.75, 3.05) is 5.32 Å². The first-order valence-electron chi connectivity index (χ1n) is 8.31. The average molecular weight is 315 g/mol. The number of carbonyl (C=O) groups excluding carboxylic acids is 1. The average Bonchev–Trinajstić information content (AvgIpc) is 2.64. The summed E-state index contributed by atoms with van der Waals surface area (Å²) in [4.78, 5) is 12.3. The van der Waals surface area contributed by atoms with E-state index in [-0.39, 0.29) is 5.91 Å². The van der Waals surface area contributed by atoms with E-state index in [1.54, 1.807) is 0 Å². The van der Waals surface area contributed by atoms with Crippen LogP contribution in [0.3, 0.4) is 0 Å². The van der Waals surface area contributed by atoms with Crippen molar-refractivity contribution in [3.63, 3.8) is 0 Å². The summed E-state index contributed by atoms with van der Waals surface area (Å²) in [5.41, 5.74) is 4.30. The molecule has 24 heavy (non-hydrogen) atoms. The molecule has 2 heteroatoms. The van der Waals surface area contributed by atoms with Gasteiger partial charge in [-0.05, 0) is 30.0 Å². The van der Waals surface area contributed by atoms with Crippen molar-refractivity contribution in [2.24, 2.45) is 0 Å². The molecule has 3 aromatic rings. The van der Waals surface area contributed by atoms with E-state index < -0.39 is 0 Å². The molecule has 0 aliphatic rings. The zero-order chi connectivity index (χ0) is 16.6. The molecule has 0 saturated carbocycles. The third-order valence-corrected chi connectivity index (χ3v) is 4.00. The summed E-state index contributed by atoms with van der Waals surface area (Å²) in [6.07, 6.45) is 2.30. The highest BCUT2D eigenvalue weighted by molar-refractivity contribution is 5.95. The van der Waals surface area contributed by atoms with Gasteiger partial charge in [0, 0.05) is 17.7 Å². The summed E-state index contributed by atoms with van der Waals surface area (Å²) >= 11 is 0. The Morgan fingerprint density at radius 2 is 1.38 bits per heavy atom.